The highest BCUT2D eigenvalue weighted by Gasteiger charge is 2.26. The Hall–Kier alpha value is -1.64. The molecule has 0 spiro atoms. The Bertz CT molecular complexity index is 529. The minimum absolute atomic E-state index is 0.102. The first-order valence-corrected chi connectivity index (χ1v) is 6.81. The van der Waals surface area contributed by atoms with Gasteiger partial charge >= 0.3 is 11.8 Å². The molecular formula is C12H12IN3O3. The molecule has 6 nitrogen and oxygen atoms in total. The molecule has 1 saturated carbocycles. The topological polar surface area (TPSA) is 87.3 Å². The molecule has 0 bridgehead atoms. The van der Waals surface area contributed by atoms with Crippen LogP contribution in [0.2, 0.25) is 0 Å². The van der Waals surface area contributed by atoms with Gasteiger partial charge in [0.15, 0.2) is 0 Å². The van der Waals surface area contributed by atoms with E-state index in [1.54, 1.807) is 18.2 Å². The maximum Gasteiger partial charge on any atom is 0.327 e. The van der Waals surface area contributed by atoms with E-state index in [0.29, 0.717) is 5.56 Å². The van der Waals surface area contributed by atoms with Crippen molar-refractivity contribution in [3.63, 3.8) is 0 Å². The lowest BCUT2D eigenvalue weighted by molar-refractivity contribution is -0.139. The van der Waals surface area contributed by atoms with Gasteiger partial charge in [-0.15, -0.1) is 0 Å². The Morgan fingerprint density at radius 2 is 1.84 bits per heavy atom. The van der Waals surface area contributed by atoms with Crippen LogP contribution in [0.5, 0.6) is 0 Å². The normalized spacial score (nSPS) is 13.5. The van der Waals surface area contributed by atoms with Crippen molar-refractivity contribution in [2.24, 2.45) is 0 Å². The van der Waals surface area contributed by atoms with Crippen molar-refractivity contribution in [3.8, 4) is 0 Å². The lowest BCUT2D eigenvalue weighted by atomic mass is 10.2. The van der Waals surface area contributed by atoms with Gasteiger partial charge in [-0.05, 0) is 53.6 Å². The number of hydrogen-bond acceptors (Lipinski definition) is 3. The van der Waals surface area contributed by atoms with E-state index in [9.17, 15) is 14.4 Å². The van der Waals surface area contributed by atoms with Crippen LogP contribution in [0.3, 0.4) is 0 Å². The van der Waals surface area contributed by atoms with Crippen LogP contribution < -0.4 is 16.2 Å². The zero-order valence-electron chi connectivity index (χ0n) is 9.90. The van der Waals surface area contributed by atoms with Gasteiger partial charge < -0.3 is 5.32 Å². The predicted octanol–water partition coefficient (Wildman–Crippen LogP) is 0.331. The third kappa shape index (κ3) is 4.19. The number of nitrogens with one attached hydrogen (secondary N) is 3. The molecule has 0 radical (unpaired) electrons. The summed E-state index contributed by atoms with van der Waals surface area (Å²) in [7, 11) is 0. The van der Waals surface area contributed by atoms with Crippen molar-refractivity contribution < 1.29 is 14.4 Å². The molecule has 100 valence electrons. The summed E-state index contributed by atoms with van der Waals surface area (Å²) >= 11 is 2.08. The maximum atomic E-state index is 11.7. The fourth-order valence-corrected chi connectivity index (χ4v) is 1.89. The van der Waals surface area contributed by atoms with Gasteiger partial charge in [-0.2, -0.15) is 0 Å². The van der Waals surface area contributed by atoms with Crippen LogP contribution in [0.4, 0.5) is 0 Å². The lowest BCUT2D eigenvalue weighted by Gasteiger charge is -2.07. The van der Waals surface area contributed by atoms with Gasteiger partial charge in [0.2, 0.25) is 0 Å². The van der Waals surface area contributed by atoms with Gasteiger partial charge in [0.05, 0.1) is 0 Å². The second-order valence-electron chi connectivity index (χ2n) is 4.17. The number of amides is 3. The van der Waals surface area contributed by atoms with E-state index in [0.717, 1.165) is 16.4 Å². The largest absolute Gasteiger partial charge is 0.345 e. The third-order valence-corrected chi connectivity index (χ3v) is 3.17. The quantitative estimate of drug-likeness (QED) is 0.397. The molecule has 1 fully saturated rings. The van der Waals surface area contributed by atoms with Crippen molar-refractivity contribution >= 4 is 40.3 Å². The highest BCUT2D eigenvalue weighted by Crippen LogP contribution is 2.18. The number of hydrogen-bond donors (Lipinski definition) is 3. The summed E-state index contributed by atoms with van der Waals surface area (Å²) in [6, 6.07) is 6.97. The molecule has 3 N–H and O–H groups in total. The predicted molar refractivity (Wildman–Crippen MR) is 75.9 cm³/mol. The molecule has 1 aromatic rings. The molecule has 1 aliphatic carbocycles. The van der Waals surface area contributed by atoms with Crippen LogP contribution in [0.25, 0.3) is 0 Å². The van der Waals surface area contributed by atoms with E-state index in [1.807, 2.05) is 6.07 Å². The summed E-state index contributed by atoms with van der Waals surface area (Å²) in [4.78, 5) is 34.4. The van der Waals surface area contributed by atoms with E-state index < -0.39 is 17.7 Å². The highest BCUT2D eigenvalue weighted by molar-refractivity contribution is 14.1. The van der Waals surface area contributed by atoms with Crippen LogP contribution in [0, 0.1) is 3.57 Å². The Labute approximate surface area is 123 Å². The van der Waals surface area contributed by atoms with Crippen LogP contribution in [0.15, 0.2) is 24.3 Å². The van der Waals surface area contributed by atoms with Crippen LogP contribution in [-0.2, 0) is 9.59 Å². The molecule has 7 heteroatoms. The van der Waals surface area contributed by atoms with Crippen molar-refractivity contribution in [3.05, 3.63) is 33.4 Å². The lowest BCUT2D eigenvalue weighted by Crippen LogP contribution is -2.49. The average Bonchev–Trinajstić information content (AvgIpc) is 3.19. The first kappa shape index (κ1) is 13.8. The van der Waals surface area contributed by atoms with E-state index in [-0.39, 0.29) is 6.04 Å². The van der Waals surface area contributed by atoms with Gasteiger partial charge in [-0.3, -0.25) is 25.2 Å². The van der Waals surface area contributed by atoms with Gasteiger partial charge in [0.1, 0.15) is 0 Å². The second-order valence-corrected chi connectivity index (χ2v) is 5.41. The highest BCUT2D eigenvalue weighted by atomic mass is 127. The van der Waals surface area contributed by atoms with E-state index in [4.69, 9.17) is 0 Å². The van der Waals surface area contributed by atoms with Crippen molar-refractivity contribution in [2.75, 3.05) is 0 Å². The monoisotopic (exact) mass is 373 g/mol. The minimum atomic E-state index is -0.870. The zero-order chi connectivity index (χ0) is 13.8. The average molecular weight is 373 g/mol. The molecule has 0 aromatic heterocycles. The SMILES string of the molecule is O=C(NNC(=O)c1cccc(I)c1)C(=O)NC1CC1. The molecule has 19 heavy (non-hydrogen) atoms. The van der Waals surface area contributed by atoms with Gasteiger partial charge in [0, 0.05) is 15.2 Å². The zero-order valence-corrected chi connectivity index (χ0v) is 12.1. The fourth-order valence-electron chi connectivity index (χ4n) is 1.35. The minimum Gasteiger partial charge on any atom is -0.345 e. The van der Waals surface area contributed by atoms with Crippen molar-refractivity contribution in [1.82, 2.24) is 16.2 Å². The molecule has 0 aliphatic heterocycles. The summed E-state index contributed by atoms with van der Waals surface area (Å²) in [5.74, 6) is -2.07. The van der Waals surface area contributed by atoms with E-state index >= 15 is 0 Å². The molecule has 2 rings (SSSR count). The molecular weight excluding hydrogens is 361 g/mol. The molecule has 0 unspecified atom stereocenters. The fraction of sp³-hybridized carbons (Fsp3) is 0.250. The molecule has 0 heterocycles. The summed E-state index contributed by atoms with van der Waals surface area (Å²) in [5.41, 5.74) is 4.69. The smallest absolute Gasteiger partial charge is 0.327 e. The summed E-state index contributed by atoms with van der Waals surface area (Å²) in [6.07, 6.45) is 1.79. The number of rotatable bonds is 2. The van der Waals surface area contributed by atoms with E-state index in [2.05, 4.69) is 38.8 Å². The molecule has 0 saturated heterocycles. The summed E-state index contributed by atoms with van der Waals surface area (Å²) in [6.45, 7) is 0. The first-order chi connectivity index (χ1) is 9.06. The molecule has 1 aliphatic rings. The van der Waals surface area contributed by atoms with Crippen molar-refractivity contribution in [1.29, 1.82) is 0 Å². The number of carbonyl (C=O) groups excluding carboxylic acids is 3. The van der Waals surface area contributed by atoms with E-state index in [1.165, 1.54) is 0 Å². The molecule has 0 atom stereocenters. The third-order valence-electron chi connectivity index (χ3n) is 2.50. The number of benzene rings is 1. The van der Waals surface area contributed by atoms with Gasteiger partial charge in [0.25, 0.3) is 5.91 Å². The number of halogens is 1. The Kier molecular flexibility index (Phi) is 4.35. The van der Waals surface area contributed by atoms with Crippen molar-refractivity contribution in [2.45, 2.75) is 18.9 Å². The first-order valence-electron chi connectivity index (χ1n) is 5.73. The van der Waals surface area contributed by atoms with Gasteiger partial charge in [-0.25, -0.2) is 0 Å². The molecule has 3 amide bonds. The Balaban J connectivity index is 1.82. The summed E-state index contributed by atoms with van der Waals surface area (Å²) < 4.78 is 0.906. The number of hydrazine groups is 1. The molecule has 1 aromatic carbocycles. The standard InChI is InChI=1S/C12H12IN3O3/c13-8-3-1-2-7(6-8)10(17)15-16-12(19)11(18)14-9-4-5-9/h1-3,6,9H,4-5H2,(H,14,18)(H,15,17)(H,16,19). The Morgan fingerprint density at radius 3 is 2.47 bits per heavy atom. The van der Waals surface area contributed by atoms with Crippen LogP contribution in [0.1, 0.15) is 23.2 Å². The van der Waals surface area contributed by atoms with Crippen LogP contribution >= 0.6 is 22.6 Å². The second kappa shape index (κ2) is 6.00. The van der Waals surface area contributed by atoms with Crippen LogP contribution in [-0.4, -0.2) is 23.8 Å². The van der Waals surface area contributed by atoms with Gasteiger partial charge in [-0.1, -0.05) is 6.07 Å². The summed E-state index contributed by atoms with van der Waals surface area (Å²) in [5, 5.41) is 2.52. The number of carbonyl (C=O) groups is 3. The maximum absolute atomic E-state index is 11.7. The Morgan fingerprint density at radius 1 is 1.11 bits per heavy atom.